The molecule has 2 aliphatic rings. The highest BCUT2D eigenvalue weighted by Gasteiger charge is 2.37. The highest BCUT2D eigenvalue weighted by atomic mass is 15.0. The molecule has 12 rings (SSSR count). The molecule has 9 aromatic carbocycles. The van der Waals surface area contributed by atoms with Crippen LogP contribution in [-0.2, 0) is 10.8 Å². The molecule has 3 nitrogen and oxygen atoms in total. The van der Waals surface area contributed by atoms with E-state index in [1.807, 2.05) is 0 Å². The Morgan fingerprint density at radius 2 is 0.629 bits per heavy atom. The normalized spacial score (nSPS) is 14.1. The van der Waals surface area contributed by atoms with E-state index in [0.717, 1.165) is 22.1 Å². The average molecular weight is 794 g/mol. The van der Waals surface area contributed by atoms with Crippen molar-refractivity contribution in [2.45, 2.75) is 38.5 Å². The second-order valence-electron chi connectivity index (χ2n) is 18.0. The molecule has 0 saturated heterocycles. The third-order valence-corrected chi connectivity index (χ3v) is 13.7. The van der Waals surface area contributed by atoms with Crippen LogP contribution in [0.1, 0.15) is 49.9 Å². The van der Waals surface area contributed by atoms with Crippen molar-refractivity contribution < 1.29 is 0 Å². The smallest absolute Gasteiger partial charge is 0.164 e. The molecule has 0 spiro atoms. The van der Waals surface area contributed by atoms with Gasteiger partial charge in [-0.15, -0.1) is 0 Å². The number of fused-ring (bicyclic) bond motifs is 8. The van der Waals surface area contributed by atoms with Gasteiger partial charge in [-0.25, -0.2) is 15.0 Å². The van der Waals surface area contributed by atoms with Gasteiger partial charge in [0.2, 0.25) is 0 Å². The van der Waals surface area contributed by atoms with Crippen molar-refractivity contribution in [3.63, 3.8) is 0 Å². The number of aromatic nitrogens is 3. The fourth-order valence-corrected chi connectivity index (χ4v) is 10.6. The summed E-state index contributed by atoms with van der Waals surface area (Å²) in [7, 11) is 0. The lowest BCUT2D eigenvalue weighted by Gasteiger charge is -2.22. The third kappa shape index (κ3) is 5.41. The predicted molar refractivity (Wildman–Crippen MR) is 257 cm³/mol. The van der Waals surface area contributed by atoms with Crippen molar-refractivity contribution >= 4 is 21.5 Å². The van der Waals surface area contributed by atoms with Gasteiger partial charge in [0.05, 0.1) is 0 Å². The molecule has 2 aliphatic carbocycles. The van der Waals surface area contributed by atoms with Gasteiger partial charge >= 0.3 is 0 Å². The summed E-state index contributed by atoms with van der Waals surface area (Å²) >= 11 is 0. The molecule has 0 bridgehead atoms. The number of rotatable bonds is 5. The van der Waals surface area contributed by atoms with Gasteiger partial charge in [-0.2, -0.15) is 0 Å². The van der Waals surface area contributed by atoms with E-state index in [4.69, 9.17) is 15.0 Å². The summed E-state index contributed by atoms with van der Waals surface area (Å²) in [4.78, 5) is 16.1. The van der Waals surface area contributed by atoms with Gasteiger partial charge in [0.15, 0.2) is 17.5 Å². The molecule has 10 aromatic rings. The van der Waals surface area contributed by atoms with Crippen LogP contribution in [-0.4, -0.2) is 15.0 Å². The average Bonchev–Trinajstić information content (AvgIpc) is 3.69. The molecule has 0 radical (unpaired) electrons. The Morgan fingerprint density at radius 3 is 1.11 bits per heavy atom. The Kier molecular flexibility index (Phi) is 7.92. The molecule has 0 unspecified atom stereocenters. The molecule has 0 saturated carbocycles. The molecular weight excluding hydrogens is 751 g/mol. The first-order chi connectivity index (χ1) is 30.3. The maximum absolute atomic E-state index is 5.39. The van der Waals surface area contributed by atoms with Crippen LogP contribution in [0.15, 0.2) is 188 Å². The first kappa shape index (κ1) is 36.4. The molecule has 1 aromatic heterocycles. The Bertz CT molecular complexity index is 3330. The standard InChI is InChI=1S/C59H43N3/c1-58(2)49-25-15-13-21-41(49)43-30-27-39(34-51(43)58)56-60-55(61-57(62-56)40-28-31-44-42-22-14-16-26-50(42)59(3,4)52(44)35-40)38-29-32-47-48(33-38)54(37-19-9-6-10-20-37)46-24-12-11-23-45(46)53(47)36-17-7-5-8-18-36/h5-35H,1-4H3. The van der Waals surface area contributed by atoms with E-state index < -0.39 is 0 Å². The molecule has 0 fully saturated rings. The zero-order valence-corrected chi connectivity index (χ0v) is 35.2. The zero-order chi connectivity index (χ0) is 41.7. The van der Waals surface area contributed by atoms with Crippen LogP contribution >= 0.6 is 0 Å². The molecule has 3 heteroatoms. The minimum atomic E-state index is -0.160. The summed E-state index contributed by atoms with van der Waals surface area (Å²) < 4.78 is 0. The Hall–Kier alpha value is -7.49. The van der Waals surface area contributed by atoms with Gasteiger partial charge in [-0.3, -0.25) is 0 Å². The van der Waals surface area contributed by atoms with Crippen molar-refractivity contribution in [1.29, 1.82) is 0 Å². The van der Waals surface area contributed by atoms with Crippen LogP contribution in [0.2, 0.25) is 0 Å². The Labute approximate surface area is 362 Å². The van der Waals surface area contributed by atoms with Gasteiger partial charge in [0, 0.05) is 27.5 Å². The van der Waals surface area contributed by atoms with Crippen LogP contribution in [0, 0.1) is 0 Å². The summed E-state index contributed by atoms with van der Waals surface area (Å²) in [5, 5.41) is 4.78. The fourth-order valence-electron chi connectivity index (χ4n) is 10.6. The number of nitrogens with zero attached hydrogens (tertiary/aromatic N) is 3. The lowest BCUT2D eigenvalue weighted by atomic mass is 9.82. The lowest BCUT2D eigenvalue weighted by Crippen LogP contribution is -2.15. The Morgan fingerprint density at radius 1 is 0.274 bits per heavy atom. The van der Waals surface area contributed by atoms with Gasteiger partial charge in [0.1, 0.15) is 0 Å². The van der Waals surface area contributed by atoms with Crippen molar-refractivity contribution in [2.75, 3.05) is 0 Å². The van der Waals surface area contributed by atoms with E-state index in [9.17, 15) is 0 Å². The summed E-state index contributed by atoms with van der Waals surface area (Å²) in [5.41, 5.74) is 17.8. The predicted octanol–water partition coefficient (Wildman–Crippen LogP) is 15.1. The number of benzene rings is 9. The summed E-state index contributed by atoms with van der Waals surface area (Å²) in [6.45, 7) is 9.29. The Balaban J connectivity index is 1.10. The maximum Gasteiger partial charge on any atom is 0.164 e. The van der Waals surface area contributed by atoms with Gasteiger partial charge in [-0.1, -0.05) is 198 Å². The molecule has 0 N–H and O–H groups in total. The van der Waals surface area contributed by atoms with E-state index in [2.05, 4.69) is 216 Å². The highest BCUT2D eigenvalue weighted by Crippen LogP contribution is 2.51. The van der Waals surface area contributed by atoms with Crippen molar-refractivity contribution in [1.82, 2.24) is 15.0 Å². The molecule has 0 atom stereocenters. The monoisotopic (exact) mass is 793 g/mol. The highest BCUT2D eigenvalue weighted by molar-refractivity contribution is 6.22. The SMILES string of the molecule is CC1(C)c2ccccc2-c2ccc(-c3nc(-c4ccc5c(c4)C(C)(C)c4ccccc4-5)nc(-c4ccc5c(-c6ccccc6)c6ccccc6c(-c6ccccc6)c5c4)n3)cc21. The molecule has 0 amide bonds. The number of hydrogen-bond donors (Lipinski definition) is 0. The zero-order valence-electron chi connectivity index (χ0n) is 35.2. The maximum atomic E-state index is 5.39. The second-order valence-corrected chi connectivity index (χ2v) is 18.0. The topological polar surface area (TPSA) is 38.7 Å². The minimum absolute atomic E-state index is 0.160. The van der Waals surface area contributed by atoms with Crippen LogP contribution in [0.4, 0.5) is 0 Å². The van der Waals surface area contributed by atoms with E-state index in [0.29, 0.717) is 17.5 Å². The van der Waals surface area contributed by atoms with Crippen molar-refractivity contribution in [2.24, 2.45) is 0 Å². The molecule has 294 valence electrons. The van der Waals surface area contributed by atoms with E-state index in [1.165, 1.54) is 82.9 Å². The molecule has 1 heterocycles. The van der Waals surface area contributed by atoms with Crippen molar-refractivity contribution in [3.05, 3.63) is 210 Å². The van der Waals surface area contributed by atoms with Crippen LogP contribution in [0.3, 0.4) is 0 Å². The van der Waals surface area contributed by atoms with E-state index in [-0.39, 0.29) is 10.8 Å². The summed E-state index contributed by atoms with van der Waals surface area (Å²) in [5.74, 6) is 1.97. The summed E-state index contributed by atoms with van der Waals surface area (Å²) in [6, 6.07) is 68.2. The quantitative estimate of drug-likeness (QED) is 0.163. The largest absolute Gasteiger partial charge is 0.208 e. The van der Waals surface area contributed by atoms with Gasteiger partial charge in [0.25, 0.3) is 0 Å². The molecule has 0 aliphatic heterocycles. The lowest BCUT2D eigenvalue weighted by molar-refractivity contribution is 0.660. The minimum Gasteiger partial charge on any atom is -0.208 e. The molecular formula is C59H43N3. The first-order valence-corrected chi connectivity index (χ1v) is 21.6. The van der Waals surface area contributed by atoms with Gasteiger partial charge in [-0.05, 0) is 107 Å². The molecule has 62 heavy (non-hydrogen) atoms. The first-order valence-electron chi connectivity index (χ1n) is 21.6. The van der Waals surface area contributed by atoms with E-state index >= 15 is 0 Å². The van der Waals surface area contributed by atoms with Crippen LogP contribution in [0.5, 0.6) is 0 Å². The fraction of sp³-hybridized carbons (Fsp3) is 0.102. The van der Waals surface area contributed by atoms with E-state index in [1.54, 1.807) is 0 Å². The summed E-state index contributed by atoms with van der Waals surface area (Å²) in [6.07, 6.45) is 0. The second kappa shape index (κ2) is 13.5. The van der Waals surface area contributed by atoms with Gasteiger partial charge < -0.3 is 0 Å². The van der Waals surface area contributed by atoms with Crippen molar-refractivity contribution in [3.8, 4) is 78.7 Å². The number of hydrogen-bond acceptors (Lipinski definition) is 3. The third-order valence-electron chi connectivity index (χ3n) is 13.7. The van der Waals surface area contributed by atoms with Crippen LogP contribution in [0.25, 0.3) is 100 Å². The van der Waals surface area contributed by atoms with Crippen LogP contribution < -0.4 is 0 Å².